The third kappa shape index (κ3) is 4.97. The Morgan fingerprint density at radius 3 is 2.73 bits per heavy atom. The molecule has 8 heteroatoms. The van der Waals surface area contributed by atoms with E-state index < -0.39 is 6.10 Å². The van der Waals surface area contributed by atoms with Crippen molar-refractivity contribution in [2.45, 2.75) is 38.0 Å². The van der Waals surface area contributed by atoms with E-state index in [9.17, 15) is 9.18 Å². The number of benzene rings is 1. The minimum absolute atomic E-state index is 0.0947. The van der Waals surface area contributed by atoms with Crippen molar-refractivity contribution < 1.29 is 18.3 Å². The van der Waals surface area contributed by atoms with Crippen molar-refractivity contribution in [3.05, 3.63) is 36.0 Å². The fourth-order valence-corrected chi connectivity index (χ4v) is 3.36. The Hall–Kier alpha value is -2.09. The molecule has 0 saturated carbocycles. The van der Waals surface area contributed by atoms with E-state index in [-0.39, 0.29) is 17.5 Å². The molecule has 0 bridgehead atoms. The topological polar surface area (TPSA) is 68.5 Å². The molecular formula is C18H22FN3O3S. The Labute approximate surface area is 156 Å². The average Bonchev–Trinajstić information content (AvgIpc) is 3.11. The quantitative estimate of drug-likeness (QED) is 0.713. The Kier molecular flexibility index (Phi) is 6.13. The monoisotopic (exact) mass is 379 g/mol. The van der Waals surface area contributed by atoms with E-state index in [4.69, 9.17) is 9.15 Å². The summed E-state index contributed by atoms with van der Waals surface area (Å²) in [5, 5.41) is 8.27. The Morgan fingerprint density at radius 2 is 2.04 bits per heavy atom. The molecule has 6 nitrogen and oxygen atoms in total. The molecular weight excluding hydrogens is 357 g/mol. The second-order valence-electron chi connectivity index (χ2n) is 6.47. The molecule has 1 saturated heterocycles. The molecule has 0 radical (unpaired) electrons. The molecule has 1 aliphatic rings. The molecule has 1 amide bonds. The van der Waals surface area contributed by atoms with E-state index in [1.165, 1.54) is 36.0 Å². The molecule has 2 heterocycles. The Bertz CT molecular complexity index is 730. The third-order valence-corrected chi connectivity index (χ3v) is 5.16. The van der Waals surface area contributed by atoms with Crippen LogP contribution < -0.4 is 4.74 Å². The number of ether oxygens (including phenoxy) is 1. The molecule has 1 aromatic carbocycles. The summed E-state index contributed by atoms with van der Waals surface area (Å²) < 4.78 is 24.1. The van der Waals surface area contributed by atoms with Gasteiger partial charge in [0.25, 0.3) is 11.1 Å². The van der Waals surface area contributed by atoms with Crippen molar-refractivity contribution in [2.24, 2.45) is 5.92 Å². The molecule has 26 heavy (non-hydrogen) atoms. The van der Waals surface area contributed by atoms with Gasteiger partial charge in [0, 0.05) is 13.1 Å². The van der Waals surface area contributed by atoms with Gasteiger partial charge in [-0.05, 0) is 49.9 Å². The minimum Gasteiger partial charge on any atom is -0.481 e. The van der Waals surface area contributed by atoms with Crippen LogP contribution in [0.15, 0.2) is 33.9 Å². The van der Waals surface area contributed by atoms with Crippen LogP contribution in [0.25, 0.3) is 0 Å². The van der Waals surface area contributed by atoms with E-state index in [1.807, 2.05) is 4.90 Å². The number of amides is 1. The molecule has 1 atom stereocenters. The number of aromatic nitrogens is 2. The standard InChI is InChI=1S/C18H22FN3O3S/c1-12-7-9-22(10-8-12)16(23)11-26-18-21-20-17(25-18)13(2)24-15-5-3-14(19)4-6-15/h3-6,12-13H,7-11H2,1-2H3. The van der Waals surface area contributed by atoms with Crippen LogP contribution in [0.3, 0.4) is 0 Å². The lowest BCUT2D eigenvalue weighted by atomic mass is 9.99. The van der Waals surface area contributed by atoms with E-state index in [0.29, 0.717) is 22.8 Å². The van der Waals surface area contributed by atoms with E-state index in [0.717, 1.165) is 25.9 Å². The van der Waals surface area contributed by atoms with Gasteiger partial charge in [-0.25, -0.2) is 4.39 Å². The lowest BCUT2D eigenvalue weighted by Crippen LogP contribution is -2.38. The highest BCUT2D eigenvalue weighted by molar-refractivity contribution is 7.99. The summed E-state index contributed by atoms with van der Waals surface area (Å²) in [6.45, 7) is 5.62. The van der Waals surface area contributed by atoms with Crippen LogP contribution in [-0.4, -0.2) is 39.8 Å². The zero-order valence-corrected chi connectivity index (χ0v) is 15.7. The van der Waals surface area contributed by atoms with Gasteiger partial charge in [0.2, 0.25) is 5.91 Å². The van der Waals surface area contributed by atoms with Gasteiger partial charge < -0.3 is 14.1 Å². The lowest BCUT2D eigenvalue weighted by Gasteiger charge is -2.30. The first-order valence-electron chi connectivity index (χ1n) is 8.67. The first kappa shape index (κ1) is 18.7. The van der Waals surface area contributed by atoms with Crippen LogP contribution in [-0.2, 0) is 4.79 Å². The van der Waals surface area contributed by atoms with E-state index >= 15 is 0 Å². The molecule has 1 aliphatic heterocycles. The van der Waals surface area contributed by atoms with Crippen LogP contribution in [0, 0.1) is 11.7 Å². The molecule has 1 unspecified atom stereocenters. The summed E-state index contributed by atoms with van der Waals surface area (Å²) in [6.07, 6.45) is 1.64. The van der Waals surface area contributed by atoms with Crippen molar-refractivity contribution >= 4 is 17.7 Å². The zero-order valence-electron chi connectivity index (χ0n) is 14.9. The predicted octanol–water partition coefficient (Wildman–Crippen LogP) is 3.70. The molecule has 140 valence electrons. The third-order valence-electron chi connectivity index (χ3n) is 4.35. The van der Waals surface area contributed by atoms with Gasteiger partial charge in [-0.3, -0.25) is 4.79 Å². The molecule has 2 aromatic rings. The van der Waals surface area contributed by atoms with Gasteiger partial charge in [0.1, 0.15) is 11.6 Å². The maximum absolute atomic E-state index is 12.9. The van der Waals surface area contributed by atoms with Crippen LogP contribution in [0.4, 0.5) is 4.39 Å². The van der Waals surface area contributed by atoms with Crippen LogP contribution in [0.1, 0.15) is 38.7 Å². The fourth-order valence-electron chi connectivity index (χ4n) is 2.68. The highest BCUT2D eigenvalue weighted by Gasteiger charge is 2.22. The molecule has 0 N–H and O–H groups in total. The Morgan fingerprint density at radius 1 is 1.35 bits per heavy atom. The lowest BCUT2D eigenvalue weighted by molar-refractivity contribution is -0.129. The fraction of sp³-hybridized carbons (Fsp3) is 0.500. The van der Waals surface area contributed by atoms with Crippen molar-refractivity contribution in [3.8, 4) is 5.75 Å². The SMILES string of the molecule is CC1CCN(C(=O)CSc2nnc(C(C)Oc3ccc(F)cc3)o2)CC1. The molecule has 1 aromatic heterocycles. The number of rotatable bonds is 6. The first-order chi connectivity index (χ1) is 12.5. The minimum atomic E-state index is -0.471. The number of thioether (sulfide) groups is 1. The number of piperidine rings is 1. The second-order valence-corrected chi connectivity index (χ2v) is 7.40. The molecule has 3 rings (SSSR count). The number of nitrogens with zero attached hydrogens (tertiary/aromatic N) is 3. The van der Waals surface area contributed by atoms with Crippen LogP contribution >= 0.6 is 11.8 Å². The Balaban J connectivity index is 1.49. The molecule has 1 fully saturated rings. The number of carbonyl (C=O) groups is 1. The van der Waals surface area contributed by atoms with Gasteiger partial charge in [-0.1, -0.05) is 18.7 Å². The van der Waals surface area contributed by atoms with Crippen molar-refractivity contribution in [1.29, 1.82) is 0 Å². The molecule has 0 spiro atoms. The smallest absolute Gasteiger partial charge is 0.277 e. The number of likely N-dealkylation sites (tertiary alicyclic amines) is 1. The van der Waals surface area contributed by atoms with E-state index in [2.05, 4.69) is 17.1 Å². The number of hydrogen-bond acceptors (Lipinski definition) is 6. The first-order valence-corrected chi connectivity index (χ1v) is 9.66. The van der Waals surface area contributed by atoms with Crippen LogP contribution in [0.2, 0.25) is 0 Å². The summed E-state index contributed by atoms with van der Waals surface area (Å²) in [6, 6.07) is 5.72. The van der Waals surface area contributed by atoms with Crippen molar-refractivity contribution in [2.75, 3.05) is 18.8 Å². The van der Waals surface area contributed by atoms with Gasteiger partial charge in [-0.2, -0.15) is 0 Å². The van der Waals surface area contributed by atoms with Crippen molar-refractivity contribution in [3.63, 3.8) is 0 Å². The second kappa shape index (κ2) is 8.53. The largest absolute Gasteiger partial charge is 0.481 e. The molecule has 0 aliphatic carbocycles. The van der Waals surface area contributed by atoms with E-state index in [1.54, 1.807) is 6.92 Å². The maximum atomic E-state index is 12.9. The number of halogens is 1. The van der Waals surface area contributed by atoms with Crippen molar-refractivity contribution in [1.82, 2.24) is 15.1 Å². The normalized spacial score (nSPS) is 16.5. The van der Waals surface area contributed by atoms with Gasteiger partial charge in [0.05, 0.1) is 5.75 Å². The highest BCUT2D eigenvalue weighted by atomic mass is 32.2. The number of carbonyl (C=O) groups excluding carboxylic acids is 1. The summed E-state index contributed by atoms with van der Waals surface area (Å²) in [4.78, 5) is 14.1. The van der Waals surface area contributed by atoms with Crippen LogP contribution in [0.5, 0.6) is 5.75 Å². The predicted molar refractivity (Wildman–Crippen MR) is 95.4 cm³/mol. The maximum Gasteiger partial charge on any atom is 0.277 e. The summed E-state index contributed by atoms with van der Waals surface area (Å²) >= 11 is 1.23. The summed E-state index contributed by atoms with van der Waals surface area (Å²) in [5.41, 5.74) is 0. The van der Waals surface area contributed by atoms with Gasteiger partial charge in [-0.15, -0.1) is 10.2 Å². The summed E-state index contributed by atoms with van der Waals surface area (Å²) in [7, 11) is 0. The highest BCUT2D eigenvalue weighted by Crippen LogP contribution is 2.25. The zero-order chi connectivity index (χ0) is 18.5. The van der Waals surface area contributed by atoms with Gasteiger partial charge in [0.15, 0.2) is 6.10 Å². The number of hydrogen-bond donors (Lipinski definition) is 0. The summed E-state index contributed by atoms with van der Waals surface area (Å²) in [5.74, 6) is 1.57. The average molecular weight is 379 g/mol. The van der Waals surface area contributed by atoms with Gasteiger partial charge >= 0.3 is 0 Å².